The molecule has 0 heterocycles. The molecule has 1 atom stereocenters. The van der Waals surface area contributed by atoms with Crippen LogP contribution in [0.2, 0.25) is 0 Å². The fraction of sp³-hybridized carbons (Fsp3) is 0.909. The Balaban J connectivity index is 2.09. The molecule has 0 aromatic rings. The van der Waals surface area contributed by atoms with Crippen LogP contribution in [0.15, 0.2) is 0 Å². The Hall–Kier alpha value is -0.570. The molecule has 0 aromatic heterocycles. The van der Waals surface area contributed by atoms with Crippen LogP contribution in [0.1, 0.15) is 45.4 Å². The SMILES string of the molecule is CC(CNC1CCCCC1)CC(=O)O. The van der Waals surface area contributed by atoms with Crippen molar-refractivity contribution in [2.75, 3.05) is 6.54 Å². The van der Waals surface area contributed by atoms with Gasteiger partial charge in [0.2, 0.25) is 0 Å². The minimum absolute atomic E-state index is 0.245. The Morgan fingerprint density at radius 1 is 1.43 bits per heavy atom. The Morgan fingerprint density at radius 3 is 2.64 bits per heavy atom. The van der Waals surface area contributed by atoms with Gasteiger partial charge in [-0.05, 0) is 25.3 Å². The van der Waals surface area contributed by atoms with Gasteiger partial charge in [0.1, 0.15) is 0 Å². The lowest BCUT2D eigenvalue weighted by molar-refractivity contribution is -0.137. The molecule has 14 heavy (non-hydrogen) atoms. The van der Waals surface area contributed by atoms with Gasteiger partial charge in [-0.2, -0.15) is 0 Å². The first-order valence-electron chi connectivity index (χ1n) is 5.63. The van der Waals surface area contributed by atoms with E-state index < -0.39 is 5.97 Å². The van der Waals surface area contributed by atoms with Crippen LogP contribution in [0.4, 0.5) is 0 Å². The van der Waals surface area contributed by atoms with Crippen molar-refractivity contribution in [1.82, 2.24) is 5.32 Å². The first-order chi connectivity index (χ1) is 6.68. The van der Waals surface area contributed by atoms with Gasteiger partial charge in [-0.15, -0.1) is 0 Å². The molecule has 0 spiro atoms. The lowest BCUT2D eigenvalue weighted by atomic mass is 9.95. The molecule has 3 nitrogen and oxygen atoms in total. The molecule has 1 rings (SSSR count). The fourth-order valence-corrected chi connectivity index (χ4v) is 2.04. The third-order valence-electron chi connectivity index (χ3n) is 2.88. The van der Waals surface area contributed by atoms with Crippen molar-refractivity contribution in [2.24, 2.45) is 5.92 Å². The quantitative estimate of drug-likeness (QED) is 0.712. The van der Waals surface area contributed by atoms with Gasteiger partial charge in [0.15, 0.2) is 0 Å². The molecule has 0 aromatic carbocycles. The Morgan fingerprint density at radius 2 is 2.07 bits per heavy atom. The first kappa shape index (κ1) is 11.5. The standard InChI is InChI=1S/C11H21NO2/c1-9(7-11(13)14)8-12-10-5-3-2-4-6-10/h9-10,12H,2-8H2,1H3,(H,13,14). The average molecular weight is 199 g/mol. The molecule has 2 N–H and O–H groups in total. The predicted molar refractivity (Wildman–Crippen MR) is 56.3 cm³/mol. The summed E-state index contributed by atoms with van der Waals surface area (Å²) in [6.45, 7) is 2.83. The van der Waals surface area contributed by atoms with Crippen molar-refractivity contribution >= 4 is 5.97 Å². The van der Waals surface area contributed by atoms with E-state index in [1.807, 2.05) is 6.92 Å². The highest BCUT2D eigenvalue weighted by Gasteiger charge is 2.14. The van der Waals surface area contributed by atoms with Crippen molar-refractivity contribution in [3.8, 4) is 0 Å². The maximum Gasteiger partial charge on any atom is 0.303 e. The summed E-state index contributed by atoms with van der Waals surface area (Å²) in [5.41, 5.74) is 0. The zero-order valence-corrected chi connectivity index (χ0v) is 8.96. The fourth-order valence-electron chi connectivity index (χ4n) is 2.04. The van der Waals surface area contributed by atoms with Crippen LogP contribution >= 0.6 is 0 Å². The lowest BCUT2D eigenvalue weighted by Crippen LogP contribution is -2.34. The van der Waals surface area contributed by atoms with E-state index in [9.17, 15) is 4.79 Å². The normalized spacial score (nSPS) is 20.6. The highest BCUT2D eigenvalue weighted by atomic mass is 16.4. The van der Waals surface area contributed by atoms with Gasteiger partial charge >= 0.3 is 5.97 Å². The van der Waals surface area contributed by atoms with Gasteiger partial charge in [-0.25, -0.2) is 0 Å². The minimum atomic E-state index is -0.692. The summed E-state index contributed by atoms with van der Waals surface area (Å²) in [7, 11) is 0. The number of hydrogen-bond donors (Lipinski definition) is 2. The molecule has 3 heteroatoms. The van der Waals surface area contributed by atoms with Crippen LogP contribution in [0.25, 0.3) is 0 Å². The maximum absolute atomic E-state index is 10.4. The first-order valence-corrected chi connectivity index (χ1v) is 5.63. The second-order valence-electron chi connectivity index (χ2n) is 4.45. The highest BCUT2D eigenvalue weighted by molar-refractivity contribution is 5.66. The monoisotopic (exact) mass is 199 g/mol. The topological polar surface area (TPSA) is 49.3 Å². The molecule has 0 radical (unpaired) electrons. The zero-order valence-electron chi connectivity index (χ0n) is 8.96. The van der Waals surface area contributed by atoms with Crippen LogP contribution in [-0.4, -0.2) is 23.7 Å². The van der Waals surface area contributed by atoms with Gasteiger partial charge in [0.25, 0.3) is 0 Å². The average Bonchev–Trinajstić information content (AvgIpc) is 2.15. The third-order valence-corrected chi connectivity index (χ3v) is 2.88. The Labute approximate surface area is 85.9 Å². The van der Waals surface area contributed by atoms with Crippen LogP contribution < -0.4 is 5.32 Å². The number of rotatable bonds is 5. The summed E-state index contributed by atoms with van der Waals surface area (Å²) in [5, 5.41) is 12.1. The van der Waals surface area contributed by atoms with Crippen molar-refractivity contribution in [3.05, 3.63) is 0 Å². The summed E-state index contributed by atoms with van der Waals surface area (Å²) in [6, 6.07) is 0.639. The number of hydrogen-bond acceptors (Lipinski definition) is 2. The number of carboxylic acids is 1. The van der Waals surface area contributed by atoms with E-state index in [1.165, 1.54) is 32.1 Å². The second kappa shape index (κ2) is 6.02. The van der Waals surface area contributed by atoms with E-state index in [0.717, 1.165) is 6.54 Å². The molecular formula is C11H21NO2. The zero-order chi connectivity index (χ0) is 10.4. The van der Waals surface area contributed by atoms with E-state index in [1.54, 1.807) is 0 Å². The van der Waals surface area contributed by atoms with Gasteiger partial charge in [-0.3, -0.25) is 4.79 Å². The summed E-state index contributed by atoms with van der Waals surface area (Å²) in [6.07, 6.45) is 6.82. The summed E-state index contributed by atoms with van der Waals surface area (Å²) >= 11 is 0. The van der Waals surface area contributed by atoms with Crippen molar-refractivity contribution in [2.45, 2.75) is 51.5 Å². The summed E-state index contributed by atoms with van der Waals surface area (Å²) < 4.78 is 0. The molecule has 1 saturated carbocycles. The van der Waals surface area contributed by atoms with E-state index in [0.29, 0.717) is 6.04 Å². The summed E-state index contributed by atoms with van der Waals surface area (Å²) in [5.74, 6) is -0.447. The highest BCUT2D eigenvalue weighted by Crippen LogP contribution is 2.17. The van der Waals surface area contributed by atoms with Crippen molar-refractivity contribution in [3.63, 3.8) is 0 Å². The molecule has 1 unspecified atom stereocenters. The van der Waals surface area contributed by atoms with Gasteiger partial charge in [0.05, 0.1) is 0 Å². The number of nitrogens with one attached hydrogen (secondary N) is 1. The van der Waals surface area contributed by atoms with E-state index in [-0.39, 0.29) is 12.3 Å². The molecule has 0 saturated heterocycles. The lowest BCUT2D eigenvalue weighted by Gasteiger charge is -2.24. The molecule has 1 aliphatic rings. The minimum Gasteiger partial charge on any atom is -0.481 e. The van der Waals surface area contributed by atoms with Crippen LogP contribution in [0.3, 0.4) is 0 Å². The van der Waals surface area contributed by atoms with Crippen LogP contribution in [-0.2, 0) is 4.79 Å². The number of aliphatic carboxylic acids is 1. The molecular weight excluding hydrogens is 178 g/mol. The third kappa shape index (κ3) is 4.61. The maximum atomic E-state index is 10.4. The predicted octanol–water partition coefficient (Wildman–Crippen LogP) is 2.02. The Kier molecular flexibility index (Phi) is 4.94. The van der Waals surface area contributed by atoms with Crippen molar-refractivity contribution < 1.29 is 9.90 Å². The number of carbonyl (C=O) groups is 1. The van der Waals surface area contributed by atoms with Crippen LogP contribution in [0, 0.1) is 5.92 Å². The Bertz CT molecular complexity index is 176. The van der Waals surface area contributed by atoms with Gasteiger partial charge < -0.3 is 10.4 Å². The smallest absolute Gasteiger partial charge is 0.303 e. The van der Waals surface area contributed by atoms with Crippen LogP contribution in [0.5, 0.6) is 0 Å². The largest absolute Gasteiger partial charge is 0.481 e. The summed E-state index contributed by atoms with van der Waals surface area (Å²) in [4.78, 5) is 10.4. The molecule has 1 aliphatic carbocycles. The second-order valence-corrected chi connectivity index (χ2v) is 4.45. The molecule has 0 bridgehead atoms. The molecule has 0 aliphatic heterocycles. The molecule has 0 amide bonds. The van der Waals surface area contributed by atoms with Gasteiger partial charge in [-0.1, -0.05) is 26.2 Å². The van der Waals surface area contributed by atoms with E-state index in [2.05, 4.69) is 5.32 Å². The van der Waals surface area contributed by atoms with Gasteiger partial charge in [0, 0.05) is 12.5 Å². The molecule has 82 valence electrons. The molecule has 1 fully saturated rings. The van der Waals surface area contributed by atoms with E-state index >= 15 is 0 Å². The van der Waals surface area contributed by atoms with Crippen molar-refractivity contribution in [1.29, 1.82) is 0 Å². The number of carboxylic acid groups (broad SMARTS) is 1. The van der Waals surface area contributed by atoms with E-state index in [4.69, 9.17) is 5.11 Å².